The van der Waals surface area contributed by atoms with Gasteiger partial charge in [-0.3, -0.25) is 4.79 Å². The molecule has 0 aliphatic rings. The molecule has 0 aliphatic carbocycles. The maximum absolute atomic E-state index is 9.94. The SMILES string of the molecule is N#CCCC(=O)N=O. The van der Waals surface area contributed by atoms with Gasteiger partial charge < -0.3 is 0 Å². The van der Waals surface area contributed by atoms with E-state index in [1.54, 1.807) is 6.07 Å². The first-order chi connectivity index (χ1) is 3.81. The van der Waals surface area contributed by atoms with Gasteiger partial charge in [0.2, 0.25) is 0 Å². The summed E-state index contributed by atoms with van der Waals surface area (Å²) in [4.78, 5) is 19.2. The molecule has 0 fully saturated rings. The Bertz CT molecular complexity index is 135. The molecule has 0 bridgehead atoms. The van der Waals surface area contributed by atoms with E-state index in [-0.39, 0.29) is 12.8 Å². The van der Waals surface area contributed by atoms with E-state index in [0.29, 0.717) is 0 Å². The van der Waals surface area contributed by atoms with Crippen molar-refractivity contribution in [3.8, 4) is 6.07 Å². The van der Waals surface area contributed by atoms with Crippen LogP contribution in [0.15, 0.2) is 5.18 Å². The highest BCUT2D eigenvalue weighted by atomic mass is 16.3. The molecule has 0 saturated heterocycles. The molecular weight excluding hydrogens is 108 g/mol. The monoisotopic (exact) mass is 112 g/mol. The molecule has 0 aromatic rings. The summed E-state index contributed by atoms with van der Waals surface area (Å²) >= 11 is 0. The average molecular weight is 112 g/mol. The molecule has 0 aromatic heterocycles. The normalized spacial score (nSPS) is 7.38. The lowest BCUT2D eigenvalue weighted by Crippen LogP contribution is -1.88. The van der Waals surface area contributed by atoms with Gasteiger partial charge in [-0.15, -0.1) is 4.91 Å². The lowest BCUT2D eigenvalue weighted by molar-refractivity contribution is -0.117. The van der Waals surface area contributed by atoms with Crippen molar-refractivity contribution < 1.29 is 4.79 Å². The number of carbonyl (C=O) groups excluding carboxylic acids is 1. The second kappa shape index (κ2) is 3.93. The molecule has 0 rings (SSSR count). The molecule has 4 heteroatoms. The minimum atomic E-state index is -0.758. The van der Waals surface area contributed by atoms with Crippen molar-refractivity contribution in [2.24, 2.45) is 5.18 Å². The zero-order chi connectivity index (χ0) is 6.41. The van der Waals surface area contributed by atoms with Gasteiger partial charge in [0.25, 0.3) is 5.91 Å². The molecule has 0 atom stereocenters. The van der Waals surface area contributed by atoms with Gasteiger partial charge >= 0.3 is 0 Å². The summed E-state index contributed by atoms with van der Waals surface area (Å²) < 4.78 is 0. The second-order valence-corrected chi connectivity index (χ2v) is 1.14. The largest absolute Gasteiger partial charge is 0.287 e. The smallest absolute Gasteiger partial charge is 0.269 e. The van der Waals surface area contributed by atoms with Gasteiger partial charge in [-0.2, -0.15) is 5.26 Å². The fourth-order valence-electron chi connectivity index (χ4n) is 0.208. The van der Waals surface area contributed by atoms with Crippen LogP contribution in [0.3, 0.4) is 0 Å². The van der Waals surface area contributed by atoms with Gasteiger partial charge in [-0.25, -0.2) is 0 Å². The molecule has 0 N–H and O–H groups in total. The van der Waals surface area contributed by atoms with Crippen LogP contribution in [0.4, 0.5) is 0 Å². The molecule has 8 heavy (non-hydrogen) atoms. The highest BCUT2D eigenvalue weighted by Gasteiger charge is 1.96. The fraction of sp³-hybridized carbons (Fsp3) is 0.500. The van der Waals surface area contributed by atoms with Crippen LogP contribution in [-0.4, -0.2) is 5.91 Å². The van der Waals surface area contributed by atoms with Gasteiger partial charge in [0, 0.05) is 18.0 Å². The van der Waals surface area contributed by atoms with Crippen molar-refractivity contribution in [2.75, 3.05) is 0 Å². The summed E-state index contributed by atoms with van der Waals surface area (Å²) in [6.45, 7) is 0. The summed E-state index contributed by atoms with van der Waals surface area (Å²) in [5.41, 5.74) is 0. The Labute approximate surface area is 46.1 Å². The summed E-state index contributed by atoms with van der Waals surface area (Å²) in [6.07, 6.45) is 0.0184. The number of hydrogen-bond donors (Lipinski definition) is 0. The molecule has 0 radical (unpaired) electrons. The number of amides is 1. The van der Waals surface area contributed by atoms with E-state index in [1.165, 1.54) is 0 Å². The molecule has 0 aliphatic heterocycles. The summed E-state index contributed by atoms with van der Waals surface area (Å²) in [7, 11) is 0. The molecule has 4 nitrogen and oxygen atoms in total. The van der Waals surface area contributed by atoms with Crippen LogP contribution in [0.25, 0.3) is 0 Å². The quantitative estimate of drug-likeness (QED) is 0.490. The zero-order valence-electron chi connectivity index (χ0n) is 4.13. The van der Waals surface area contributed by atoms with Crippen LogP contribution in [0, 0.1) is 16.2 Å². The minimum absolute atomic E-state index is 0.0556. The van der Waals surface area contributed by atoms with E-state index in [0.717, 1.165) is 0 Å². The van der Waals surface area contributed by atoms with E-state index in [4.69, 9.17) is 5.26 Å². The van der Waals surface area contributed by atoms with Crippen molar-refractivity contribution >= 4 is 5.91 Å². The fourth-order valence-corrected chi connectivity index (χ4v) is 0.208. The van der Waals surface area contributed by atoms with E-state index >= 15 is 0 Å². The third-order valence-electron chi connectivity index (χ3n) is 0.552. The molecular formula is C4H4N2O2. The molecule has 42 valence electrons. The number of nitrogens with zero attached hydrogens (tertiary/aromatic N) is 2. The molecule has 0 aromatic carbocycles. The van der Waals surface area contributed by atoms with Crippen molar-refractivity contribution in [3.05, 3.63) is 4.91 Å². The topological polar surface area (TPSA) is 70.3 Å². The van der Waals surface area contributed by atoms with E-state index in [1.807, 2.05) is 0 Å². The Balaban J connectivity index is 3.28. The molecule has 0 spiro atoms. The van der Waals surface area contributed by atoms with Crippen LogP contribution in [-0.2, 0) is 4.79 Å². The molecule has 1 amide bonds. The molecule has 0 saturated carbocycles. The molecule has 0 unspecified atom stereocenters. The van der Waals surface area contributed by atoms with Crippen molar-refractivity contribution in [1.29, 1.82) is 5.26 Å². The van der Waals surface area contributed by atoms with Gasteiger partial charge in [-0.05, 0) is 0 Å². The Morgan fingerprint density at radius 1 is 1.75 bits per heavy atom. The Morgan fingerprint density at radius 3 is 2.75 bits per heavy atom. The Kier molecular flexibility index (Phi) is 3.32. The first-order valence-electron chi connectivity index (χ1n) is 2.04. The predicted molar refractivity (Wildman–Crippen MR) is 25.6 cm³/mol. The zero-order valence-corrected chi connectivity index (χ0v) is 4.13. The van der Waals surface area contributed by atoms with E-state index in [9.17, 15) is 9.70 Å². The van der Waals surface area contributed by atoms with Crippen LogP contribution in [0.1, 0.15) is 12.8 Å². The number of nitroso groups, excluding NO2 is 1. The second-order valence-electron chi connectivity index (χ2n) is 1.14. The predicted octanol–water partition coefficient (Wildman–Crippen LogP) is 0.583. The lowest BCUT2D eigenvalue weighted by atomic mass is 10.3. The third kappa shape index (κ3) is 2.97. The number of nitriles is 1. The lowest BCUT2D eigenvalue weighted by Gasteiger charge is -1.76. The van der Waals surface area contributed by atoms with E-state index < -0.39 is 5.91 Å². The van der Waals surface area contributed by atoms with Crippen LogP contribution in [0.5, 0.6) is 0 Å². The van der Waals surface area contributed by atoms with Gasteiger partial charge in [0.1, 0.15) is 0 Å². The van der Waals surface area contributed by atoms with Crippen LogP contribution >= 0.6 is 0 Å². The van der Waals surface area contributed by atoms with Crippen molar-refractivity contribution in [1.82, 2.24) is 0 Å². The third-order valence-corrected chi connectivity index (χ3v) is 0.552. The minimum Gasteiger partial charge on any atom is -0.269 e. The number of carbonyl (C=O) groups is 1. The van der Waals surface area contributed by atoms with Crippen LogP contribution < -0.4 is 0 Å². The molecule has 0 heterocycles. The maximum Gasteiger partial charge on any atom is 0.287 e. The maximum atomic E-state index is 9.94. The summed E-state index contributed by atoms with van der Waals surface area (Å²) in [5.74, 6) is -0.758. The number of rotatable bonds is 2. The van der Waals surface area contributed by atoms with Crippen LogP contribution in [0.2, 0.25) is 0 Å². The van der Waals surface area contributed by atoms with Gasteiger partial charge in [0.05, 0.1) is 6.07 Å². The summed E-state index contributed by atoms with van der Waals surface area (Å²) in [5, 5.41) is 9.95. The first-order valence-corrected chi connectivity index (χ1v) is 2.04. The Morgan fingerprint density at radius 2 is 2.38 bits per heavy atom. The van der Waals surface area contributed by atoms with E-state index in [2.05, 4.69) is 5.18 Å². The van der Waals surface area contributed by atoms with Gasteiger partial charge in [-0.1, -0.05) is 0 Å². The number of hydrogen-bond acceptors (Lipinski definition) is 3. The summed E-state index contributed by atoms with van der Waals surface area (Å²) in [6, 6.07) is 1.71. The van der Waals surface area contributed by atoms with Crippen molar-refractivity contribution in [3.63, 3.8) is 0 Å². The van der Waals surface area contributed by atoms with Gasteiger partial charge in [0.15, 0.2) is 0 Å². The highest BCUT2D eigenvalue weighted by molar-refractivity contribution is 5.76. The first kappa shape index (κ1) is 6.76. The standard InChI is InChI=1S/C4H4N2O2/c5-3-1-2-4(7)6-8/h1-2H2. The average Bonchev–Trinajstić information content (AvgIpc) is 1.83. The van der Waals surface area contributed by atoms with Crippen molar-refractivity contribution in [2.45, 2.75) is 12.8 Å². The Hall–Kier alpha value is -1.24. The highest BCUT2D eigenvalue weighted by Crippen LogP contribution is 1.87.